The van der Waals surface area contributed by atoms with Gasteiger partial charge in [0.2, 0.25) is 0 Å². The van der Waals surface area contributed by atoms with Gasteiger partial charge >= 0.3 is 0 Å². The number of alkyl halides is 1. The molecule has 0 bridgehead atoms. The van der Waals surface area contributed by atoms with Crippen LogP contribution < -0.4 is 4.74 Å². The van der Waals surface area contributed by atoms with E-state index in [0.29, 0.717) is 5.88 Å². The van der Waals surface area contributed by atoms with E-state index >= 15 is 0 Å². The molecule has 0 atom stereocenters. The highest BCUT2D eigenvalue weighted by atomic mass is 35.5. The van der Waals surface area contributed by atoms with Crippen LogP contribution >= 0.6 is 22.9 Å². The van der Waals surface area contributed by atoms with Gasteiger partial charge in [-0.15, -0.1) is 22.9 Å². The first-order chi connectivity index (χ1) is 4.86. The van der Waals surface area contributed by atoms with Crippen LogP contribution in [0, 0.1) is 0 Å². The van der Waals surface area contributed by atoms with Crippen LogP contribution in [0.1, 0.15) is 4.88 Å². The van der Waals surface area contributed by atoms with Crippen molar-refractivity contribution in [2.75, 3.05) is 13.0 Å². The Morgan fingerprint density at radius 1 is 1.60 bits per heavy atom. The molecule has 1 nitrogen and oxygen atoms in total. The summed E-state index contributed by atoms with van der Waals surface area (Å²) in [6, 6.07) is 4.01. The van der Waals surface area contributed by atoms with E-state index < -0.39 is 0 Å². The number of methoxy groups -OCH3 is 1. The van der Waals surface area contributed by atoms with Gasteiger partial charge in [-0.1, -0.05) is 0 Å². The summed E-state index contributed by atoms with van der Waals surface area (Å²) in [6.45, 7) is 0. The summed E-state index contributed by atoms with van der Waals surface area (Å²) in [6.07, 6.45) is 0.940. The van der Waals surface area contributed by atoms with Crippen LogP contribution in [0.25, 0.3) is 0 Å². The summed E-state index contributed by atoms with van der Waals surface area (Å²) in [5, 5.41) is 0.958. The Labute approximate surface area is 69.6 Å². The first kappa shape index (κ1) is 7.89. The molecule has 1 aromatic heterocycles. The number of halogens is 1. The molecule has 0 aromatic carbocycles. The van der Waals surface area contributed by atoms with Gasteiger partial charge in [-0.2, -0.15) is 0 Å². The van der Waals surface area contributed by atoms with Crippen molar-refractivity contribution in [3.63, 3.8) is 0 Å². The Balaban J connectivity index is 2.59. The third-order valence-corrected chi connectivity index (χ3v) is 2.47. The van der Waals surface area contributed by atoms with Gasteiger partial charge in [-0.25, -0.2) is 0 Å². The van der Waals surface area contributed by atoms with Crippen molar-refractivity contribution in [1.29, 1.82) is 0 Å². The van der Waals surface area contributed by atoms with Gasteiger partial charge in [0.15, 0.2) is 5.06 Å². The van der Waals surface area contributed by atoms with Gasteiger partial charge < -0.3 is 4.74 Å². The molecule has 0 radical (unpaired) electrons. The van der Waals surface area contributed by atoms with E-state index in [2.05, 4.69) is 0 Å². The number of hydrogen-bond donors (Lipinski definition) is 0. The smallest absolute Gasteiger partial charge is 0.173 e. The van der Waals surface area contributed by atoms with Crippen LogP contribution in [0.4, 0.5) is 0 Å². The maximum atomic E-state index is 5.55. The van der Waals surface area contributed by atoms with E-state index in [1.165, 1.54) is 4.88 Å². The molecule has 3 heteroatoms. The lowest BCUT2D eigenvalue weighted by Crippen LogP contribution is -1.77. The summed E-state index contributed by atoms with van der Waals surface area (Å²) >= 11 is 7.21. The monoisotopic (exact) mass is 176 g/mol. The topological polar surface area (TPSA) is 9.23 Å². The summed E-state index contributed by atoms with van der Waals surface area (Å²) < 4.78 is 5.02. The van der Waals surface area contributed by atoms with Crippen molar-refractivity contribution < 1.29 is 4.74 Å². The molecule has 1 rings (SSSR count). The first-order valence-corrected chi connectivity index (χ1v) is 4.40. The number of aryl methyl sites for hydroxylation is 1. The molecule has 0 unspecified atom stereocenters. The molecule has 1 heterocycles. The fourth-order valence-corrected chi connectivity index (χ4v) is 1.83. The third-order valence-electron chi connectivity index (χ3n) is 1.18. The molecule has 0 aliphatic heterocycles. The van der Waals surface area contributed by atoms with Crippen molar-refractivity contribution in [3.05, 3.63) is 17.0 Å². The molecule has 0 saturated heterocycles. The number of hydrogen-bond acceptors (Lipinski definition) is 2. The quantitative estimate of drug-likeness (QED) is 0.644. The largest absolute Gasteiger partial charge is 0.487 e. The maximum Gasteiger partial charge on any atom is 0.173 e. The van der Waals surface area contributed by atoms with Crippen LogP contribution in [0.15, 0.2) is 12.1 Å². The Hall–Kier alpha value is -0.210. The lowest BCUT2D eigenvalue weighted by molar-refractivity contribution is 0.427. The van der Waals surface area contributed by atoms with E-state index in [-0.39, 0.29) is 0 Å². The van der Waals surface area contributed by atoms with Crippen LogP contribution in [0.3, 0.4) is 0 Å². The molecule has 0 saturated carbocycles. The van der Waals surface area contributed by atoms with Gasteiger partial charge in [-0.3, -0.25) is 0 Å². The lowest BCUT2D eigenvalue weighted by Gasteiger charge is -1.89. The van der Waals surface area contributed by atoms with E-state index in [1.54, 1.807) is 18.4 Å². The van der Waals surface area contributed by atoms with E-state index in [9.17, 15) is 0 Å². The van der Waals surface area contributed by atoms with Crippen LogP contribution in [-0.4, -0.2) is 13.0 Å². The summed E-state index contributed by atoms with van der Waals surface area (Å²) in [4.78, 5) is 1.28. The van der Waals surface area contributed by atoms with Crippen molar-refractivity contribution >= 4 is 22.9 Å². The molecule has 0 amide bonds. The number of ether oxygens (including phenoxy) is 1. The number of thiophene rings is 1. The highest BCUT2D eigenvalue weighted by molar-refractivity contribution is 7.13. The van der Waals surface area contributed by atoms with E-state index in [4.69, 9.17) is 16.3 Å². The van der Waals surface area contributed by atoms with Crippen molar-refractivity contribution in [2.45, 2.75) is 6.42 Å². The van der Waals surface area contributed by atoms with Gasteiger partial charge in [0, 0.05) is 10.8 Å². The summed E-state index contributed by atoms with van der Waals surface area (Å²) in [7, 11) is 1.68. The molecule has 1 aromatic rings. The minimum Gasteiger partial charge on any atom is -0.487 e. The zero-order valence-electron chi connectivity index (χ0n) is 5.76. The molecular formula is C7H9ClOS. The summed E-state index contributed by atoms with van der Waals surface area (Å²) in [5.41, 5.74) is 0. The molecule has 0 fully saturated rings. The molecule has 10 heavy (non-hydrogen) atoms. The fourth-order valence-electron chi connectivity index (χ4n) is 0.695. The first-order valence-electron chi connectivity index (χ1n) is 3.05. The van der Waals surface area contributed by atoms with Crippen molar-refractivity contribution in [2.24, 2.45) is 0 Å². The fraction of sp³-hybridized carbons (Fsp3) is 0.429. The second kappa shape index (κ2) is 3.84. The molecule has 0 N–H and O–H groups in total. The Morgan fingerprint density at radius 3 is 2.90 bits per heavy atom. The zero-order valence-corrected chi connectivity index (χ0v) is 7.34. The predicted octanol–water partition coefficient (Wildman–Crippen LogP) is 2.54. The molecular weight excluding hydrogens is 168 g/mol. The van der Waals surface area contributed by atoms with Gasteiger partial charge in [0.05, 0.1) is 7.11 Å². The minimum atomic E-state index is 0.684. The summed E-state index contributed by atoms with van der Waals surface area (Å²) in [5.74, 6) is 0.684. The van der Waals surface area contributed by atoms with Gasteiger partial charge in [0.25, 0.3) is 0 Å². The zero-order chi connectivity index (χ0) is 7.40. The standard InChI is InChI=1S/C7H9ClOS/c1-9-7-3-2-6(10-7)4-5-8/h2-3H,4-5H2,1H3. The average Bonchev–Trinajstić information content (AvgIpc) is 2.37. The average molecular weight is 177 g/mol. The Morgan fingerprint density at radius 2 is 2.40 bits per heavy atom. The Bertz CT molecular complexity index is 197. The van der Waals surface area contributed by atoms with Crippen LogP contribution in [0.5, 0.6) is 5.06 Å². The number of rotatable bonds is 3. The lowest BCUT2D eigenvalue weighted by atomic mass is 10.4. The van der Waals surface area contributed by atoms with Crippen molar-refractivity contribution in [1.82, 2.24) is 0 Å². The normalized spacial score (nSPS) is 9.80. The molecule has 0 aliphatic carbocycles. The second-order valence-electron chi connectivity index (χ2n) is 1.86. The predicted molar refractivity (Wildman–Crippen MR) is 45.3 cm³/mol. The van der Waals surface area contributed by atoms with Crippen molar-refractivity contribution in [3.8, 4) is 5.06 Å². The van der Waals surface area contributed by atoms with Crippen LogP contribution in [-0.2, 0) is 6.42 Å². The minimum absolute atomic E-state index is 0.684. The molecule has 56 valence electrons. The SMILES string of the molecule is COc1ccc(CCCl)s1. The Kier molecular flexibility index (Phi) is 3.03. The van der Waals surface area contributed by atoms with Gasteiger partial charge in [0.1, 0.15) is 0 Å². The molecule has 0 spiro atoms. The second-order valence-corrected chi connectivity index (χ2v) is 3.37. The highest BCUT2D eigenvalue weighted by Gasteiger charge is 1.97. The highest BCUT2D eigenvalue weighted by Crippen LogP contribution is 2.24. The maximum absolute atomic E-state index is 5.55. The van der Waals surface area contributed by atoms with E-state index in [1.807, 2.05) is 12.1 Å². The van der Waals surface area contributed by atoms with Gasteiger partial charge in [-0.05, 0) is 18.6 Å². The molecule has 0 aliphatic rings. The third kappa shape index (κ3) is 1.89. The van der Waals surface area contributed by atoms with E-state index in [0.717, 1.165) is 11.5 Å². The van der Waals surface area contributed by atoms with Crippen LogP contribution in [0.2, 0.25) is 0 Å².